The molecule has 0 radical (unpaired) electrons. The smallest absolute Gasteiger partial charge is 0.120 e. The van der Waals surface area contributed by atoms with Crippen molar-refractivity contribution in [3.63, 3.8) is 0 Å². The maximum absolute atomic E-state index is 7.90. The fraction of sp³-hybridized carbons (Fsp3) is 0.143. The van der Waals surface area contributed by atoms with Crippen molar-refractivity contribution in [2.45, 2.75) is 12.5 Å². The maximum atomic E-state index is 7.90. The first-order valence-corrected chi connectivity index (χ1v) is 5.07. The van der Waals surface area contributed by atoms with Gasteiger partial charge >= 0.3 is 0 Å². The van der Waals surface area contributed by atoms with Crippen LogP contribution in [-0.4, -0.2) is 6.10 Å². The molecule has 1 aliphatic heterocycles. The van der Waals surface area contributed by atoms with Gasteiger partial charge in [0.1, 0.15) is 6.10 Å². The van der Waals surface area contributed by atoms with Crippen LogP contribution >= 0.6 is 0 Å². The molecular formula is C14H14O. The Balaban J connectivity index is 1.97. The van der Waals surface area contributed by atoms with Crippen molar-refractivity contribution >= 4 is 6.05 Å². The number of rotatable bonds is 3. The highest BCUT2D eigenvalue weighted by Gasteiger charge is 2.01. The van der Waals surface area contributed by atoms with Crippen molar-refractivity contribution in [2.75, 3.05) is 0 Å². The first-order valence-electron chi connectivity index (χ1n) is 5.57. The van der Waals surface area contributed by atoms with Crippen LogP contribution < -0.4 is 0 Å². The van der Waals surface area contributed by atoms with Gasteiger partial charge in [0, 0.05) is 6.42 Å². The van der Waals surface area contributed by atoms with E-state index < -0.39 is 0 Å². The third-order valence-corrected chi connectivity index (χ3v) is 2.16. The molecule has 76 valence electrons. The van der Waals surface area contributed by atoms with Gasteiger partial charge in [-0.1, -0.05) is 48.5 Å². The third-order valence-electron chi connectivity index (χ3n) is 2.16. The Kier molecular flexibility index (Phi) is 2.96. The molecule has 0 saturated carbocycles. The van der Waals surface area contributed by atoms with E-state index in [1.807, 2.05) is 54.6 Å². The molecule has 1 unspecified atom stereocenters. The lowest BCUT2D eigenvalue weighted by Crippen LogP contribution is -2.05. The van der Waals surface area contributed by atoms with Crippen molar-refractivity contribution in [3.05, 3.63) is 66.5 Å². The molecule has 15 heavy (non-hydrogen) atoms. The van der Waals surface area contributed by atoms with Crippen LogP contribution in [0.15, 0.2) is 60.9 Å². The average molecular weight is 199 g/mol. The van der Waals surface area contributed by atoms with Crippen LogP contribution in [0.2, 0.25) is 0 Å². The maximum Gasteiger partial charge on any atom is 0.120 e. The number of hydrogen-bond acceptors (Lipinski definition) is 1. The normalized spacial score (nSPS) is 20.9. The average Bonchev–Trinajstić information content (AvgIpc) is 2.38. The lowest BCUT2D eigenvalue weighted by atomic mass is 10.1. The molecule has 0 spiro atoms. The predicted molar refractivity (Wildman–Crippen MR) is 63.2 cm³/mol. The van der Waals surface area contributed by atoms with Crippen LogP contribution in [0, 0.1) is 0 Å². The Hall–Kier alpha value is -1.76. The van der Waals surface area contributed by atoms with Crippen molar-refractivity contribution < 1.29 is 6.11 Å². The van der Waals surface area contributed by atoms with Gasteiger partial charge in [-0.3, -0.25) is 0 Å². The van der Waals surface area contributed by atoms with E-state index in [0.29, 0.717) is 6.05 Å². The second-order valence-corrected chi connectivity index (χ2v) is 3.34. The van der Waals surface area contributed by atoms with Crippen LogP contribution in [0.5, 0.6) is 0 Å². The van der Waals surface area contributed by atoms with Crippen LogP contribution in [0.4, 0.5) is 0 Å². The van der Waals surface area contributed by atoms with Crippen molar-refractivity contribution in [1.82, 2.24) is 0 Å². The highest BCUT2D eigenvalue weighted by Crippen LogP contribution is 2.09. The summed E-state index contributed by atoms with van der Waals surface area (Å²) in [6.07, 6.45) is 10.2. The van der Waals surface area contributed by atoms with Gasteiger partial charge < -0.3 is 4.74 Å². The summed E-state index contributed by atoms with van der Waals surface area (Å²) in [4.78, 5) is 0. The number of benzene rings is 1. The molecule has 1 aromatic rings. The largest absolute Gasteiger partial charge is 0.494 e. The van der Waals surface area contributed by atoms with Crippen LogP contribution in [-0.2, 0) is 4.74 Å². The minimum absolute atomic E-state index is 0.0639. The molecule has 1 aromatic carbocycles. The lowest BCUT2D eigenvalue weighted by Gasteiger charge is -2.12. The molecule has 1 nitrogen and oxygen atoms in total. The third kappa shape index (κ3) is 3.13. The molecule has 0 bridgehead atoms. The number of hydrogen-bond donors (Lipinski definition) is 0. The Morgan fingerprint density at radius 1 is 1.27 bits per heavy atom. The standard InChI is InChI=1S/C14H14O/c1-2-7-13(8-3-1)9-6-11-14-10-4-5-12-15-14/h1-10,12,14H,11H2/i9D. The monoisotopic (exact) mass is 199 g/mol. The zero-order chi connectivity index (χ0) is 11.2. The molecule has 1 atom stereocenters. The Morgan fingerprint density at radius 2 is 2.13 bits per heavy atom. The van der Waals surface area contributed by atoms with E-state index in [9.17, 15) is 0 Å². The molecule has 0 aliphatic carbocycles. The summed E-state index contributed by atoms with van der Waals surface area (Å²) in [6.45, 7) is 0. The molecule has 1 heteroatoms. The van der Waals surface area contributed by atoms with Crippen LogP contribution in [0.3, 0.4) is 0 Å². The first-order chi connectivity index (χ1) is 7.86. The highest BCUT2D eigenvalue weighted by molar-refractivity contribution is 5.48. The van der Waals surface area contributed by atoms with Gasteiger partial charge in [0.15, 0.2) is 0 Å². The van der Waals surface area contributed by atoms with Crippen molar-refractivity contribution in [3.8, 4) is 0 Å². The van der Waals surface area contributed by atoms with E-state index in [4.69, 9.17) is 6.11 Å². The molecule has 1 heterocycles. The molecule has 1 aliphatic rings. The quantitative estimate of drug-likeness (QED) is 0.723. The minimum atomic E-state index is 0.0639. The van der Waals surface area contributed by atoms with Gasteiger partial charge in [-0.05, 0) is 17.7 Å². The molecular weight excluding hydrogens is 184 g/mol. The van der Waals surface area contributed by atoms with Gasteiger partial charge in [-0.15, -0.1) is 0 Å². The summed E-state index contributed by atoms with van der Waals surface area (Å²) in [5.74, 6) is 0. The summed E-state index contributed by atoms with van der Waals surface area (Å²) >= 11 is 0. The van der Waals surface area contributed by atoms with Gasteiger partial charge in [0.2, 0.25) is 0 Å². The van der Waals surface area contributed by atoms with Crippen molar-refractivity contribution in [2.24, 2.45) is 0 Å². The predicted octanol–water partition coefficient (Wildman–Crippen LogP) is 3.56. The van der Waals surface area contributed by atoms with Gasteiger partial charge in [-0.2, -0.15) is 0 Å². The van der Waals surface area contributed by atoms with E-state index in [1.165, 1.54) is 0 Å². The fourth-order valence-corrected chi connectivity index (χ4v) is 1.39. The molecule has 0 aromatic heterocycles. The van der Waals surface area contributed by atoms with E-state index >= 15 is 0 Å². The van der Waals surface area contributed by atoms with Crippen molar-refractivity contribution in [1.29, 1.82) is 0 Å². The first kappa shape index (κ1) is 8.54. The minimum Gasteiger partial charge on any atom is -0.494 e. The second-order valence-electron chi connectivity index (χ2n) is 3.34. The molecule has 0 N–H and O–H groups in total. The second kappa shape index (κ2) is 5.20. The number of allylic oxidation sites excluding steroid dienone is 2. The topological polar surface area (TPSA) is 9.23 Å². The highest BCUT2D eigenvalue weighted by atomic mass is 16.5. The SMILES string of the molecule is [2H]C(=CCC1C=CC=CO1)c1ccccc1. The molecule has 0 fully saturated rings. The van der Waals surface area contributed by atoms with E-state index in [1.54, 1.807) is 6.26 Å². The zero-order valence-electron chi connectivity index (χ0n) is 9.47. The molecule has 2 rings (SSSR count). The summed E-state index contributed by atoms with van der Waals surface area (Å²) in [5.41, 5.74) is 0.942. The van der Waals surface area contributed by atoms with E-state index in [0.717, 1.165) is 12.0 Å². The fourth-order valence-electron chi connectivity index (χ4n) is 1.39. The zero-order valence-corrected chi connectivity index (χ0v) is 8.47. The lowest BCUT2D eigenvalue weighted by molar-refractivity contribution is 0.186. The molecule has 0 saturated heterocycles. The summed E-state index contributed by atoms with van der Waals surface area (Å²) in [5, 5.41) is 0. The van der Waals surface area contributed by atoms with Gasteiger partial charge in [-0.25, -0.2) is 0 Å². The Bertz CT molecular complexity index is 418. The van der Waals surface area contributed by atoms with Gasteiger partial charge in [0.25, 0.3) is 0 Å². The van der Waals surface area contributed by atoms with E-state index in [-0.39, 0.29) is 6.10 Å². The van der Waals surface area contributed by atoms with Crippen LogP contribution in [0.1, 0.15) is 13.4 Å². The van der Waals surface area contributed by atoms with Gasteiger partial charge in [0.05, 0.1) is 7.63 Å². The summed E-state index contributed by atoms with van der Waals surface area (Å²) < 4.78 is 13.3. The summed E-state index contributed by atoms with van der Waals surface area (Å²) in [7, 11) is 0. The summed E-state index contributed by atoms with van der Waals surface area (Å²) in [6, 6.07) is 10.3. The Morgan fingerprint density at radius 3 is 2.87 bits per heavy atom. The van der Waals surface area contributed by atoms with Crippen LogP contribution in [0.25, 0.3) is 6.05 Å². The van der Waals surface area contributed by atoms with E-state index in [2.05, 4.69) is 0 Å². The molecule has 0 amide bonds. The number of ether oxygens (including phenoxy) is 1. The Labute approximate surface area is 91.8 Å².